The Morgan fingerprint density at radius 3 is 2.35 bits per heavy atom. The van der Waals surface area contributed by atoms with Crippen molar-refractivity contribution < 1.29 is 23.3 Å². The molecule has 0 spiro atoms. The van der Waals surface area contributed by atoms with Crippen molar-refractivity contribution >= 4 is 28.3 Å². The van der Waals surface area contributed by atoms with Gasteiger partial charge in [-0.2, -0.15) is 0 Å². The summed E-state index contributed by atoms with van der Waals surface area (Å²) < 4.78 is 36.8. The standard InChI is InChI=1S/C25H22BrFN2O4.ClH/c1-30-22-9-5-15(10-24(22)32-3)25-28-13-21(29-25)19-8-7-18(12-23(19)31-2)33-14-16-4-6-17(26)11-20(16)27;/h4-13H,14H2,1-3H3,(H,28,29);1H. The Labute approximate surface area is 211 Å². The molecule has 4 aromatic rings. The molecule has 0 radical (unpaired) electrons. The average Bonchev–Trinajstić information content (AvgIpc) is 3.33. The number of H-pyrrole nitrogens is 1. The van der Waals surface area contributed by atoms with Crippen LogP contribution in [0.15, 0.2) is 65.3 Å². The lowest BCUT2D eigenvalue weighted by molar-refractivity contribution is 0.297. The van der Waals surface area contributed by atoms with E-state index in [0.29, 0.717) is 38.9 Å². The van der Waals surface area contributed by atoms with Gasteiger partial charge in [0.25, 0.3) is 0 Å². The number of methoxy groups -OCH3 is 3. The van der Waals surface area contributed by atoms with Crippen molar-refractivity contribution in [1.82, 2.24) is 9.97 Å². The molecule has 0 unspecified atom stereocenters. The fraction of sp³-hybridized carbons (Fsp3) is 0.160. The molecule has 1 aromatic heterocycles. The maximum atomic E-state index is 14.1. The normalized spacial score (nSPS) is 10.4. The molecule has 34 heavy (non-hydrogen) atoms. The van der Waals surface area contributed by atoms with Crippen LogP contribution in [0.4, 0.5) is 4.39 Å². The highest BCUT2D eigenvalue weighted by Crippen LogP contribution is 2.35. The molecule has 1 heterocycles. The average molecular weight is 550 g/mol. The van der Waals surface area contributed by atoms with E-state index in [0.717, 1.165) is 16.8 Å². The number of aromatic nitrogens is 2. The first kappa shape index (κ1) is 25.4. The van der Waals surface area contributed by atoms with Crippen LogP contribution in [0.3, 0.4) is 0 Å². The van der Waals surface area contributed by atoms with Gasteiger partial charge in [-0.05, 0) is 42.5 Å². The zero-order valence-corrected chi connectivity index (χ0v) is 21.1. The Balaban J connectivity index is 0.00000324. The van der Waals surface area contributed by atoms with E-state index in [-0.39, 0.29) is 24.8 Å². The Morgan fingerprint density at radius 1 is 0.882 bits per heavy atom. The van der Waals surface area contributed by atoms with Gasteiger partial charge in [-0.15, -0.1) is 12.4 Å². The fourth-order valence-electron chi connectivity index (χ4n) is 3.37. The minimum absolute atomic E-state index is 0. The molecule has 0 aliphatic carbocycles. The summed E-state index contributed by atoms with van der Waals surface area (Å²) in [5.41, 5.74) is 2.92. The van der Waals surface area contributed by atoms with Gasteiger partial charge in [0.05, 0.1) is 33.2 Å². The third-order valence-corrected chi connectivity index (χ3v) is 5.60. The molecule has 3 aromatic carbocycles. The predicted octanol–water partition coefficient (Wildman–Crippen LogP) is 6.67. The quantitative estimate of drug-likeness (QED) is 0.266. The van der Waals surface area contributed by atoms with E-state index in [1.165, 1.54) is 6.07 Å². The molecule has 6 nitrogen and oxygen atoms in total. The summed E-state index contributed by atoms with van der Waals surface area (Å²) in [4.78, 5) is 7.82. The maximum Gasteiger partial charge on any atom is 0.161 e. The van der Waals surface area contributed by atoms with Crippen LogP contribution in [0.2, 0.25) is 0 Å². The maximum absolute atomic E-state index is 14.1. The van der Waals surface area contributed by atoms with Crippen molar-refractivity contribution in [3.63, 3.8) is 0 Å². The van der Waals surface area contributed by atoms with Gasteiger partial charge in [-0.1, -0.05) is 22.0 Å². The minimum atomic E-state index is -0.326. The van der Waals surface area contributed by atoms with Gasteiger partial charge in [0, 0.05) is 27.2 Å². The molecule has 0 saturated heterocycles. The van der Waals surface area contributed by atoms with Crippen molar-refractivity contribution in [3.05, 3.63) is 76.6 Å². The van der Waals surface area contributed by atoms with Crippen LogP contribution in [0.1, 0.15) is 5.56 Å². The molecule has 0 bridgehead atoms. The highest BCUT2D eigenvalue weighted by atomic mass is 79.9. The van der Waals surface area contributed by atoms with Gasteiger partial charge in [0.15, 0.2) is 11.5 Å². The number of nitrogens with one attached hydrogen (secondary N) is 1. The highest BCUT2D eigenvalue weighted by Gasteiger charge is 2.14. The Morgan fingerprint density at radius 2 is 1.65 bits per heavy atom. The fourth-order valence-corrected chi connectivity index (χ4v) is 3.71. The molecule has 9 heteroatoms. The SMILES string of the molecule is COc1ccc(-c2ncc(-c3ccc(OCc4ccc(Br)cc4F)cc3OC)[nH]2)cc1OC.Cl. The molecule has 0 saturated carbocycles. The van der Waals surface area contributed by atoms with Gasteiger partial charge in [0.2, 0.25) is 0 Å². The van der Waals surface area contributed by atoms with Crippen LogP contribution in [-0.2, 0) is 6.61 Å². The third kappa shape index (κ3) is 5.46. The van der Waals surface area contributed by atoms with Crippen LogP contribution in [0.25, 0.3) is 22.6 Å². The van der Waals surface area contributed by atoms with E-state index in [2.05, 4.69) is 25.9 Å². The van der Waals surface area contributed by atoms with Crippen molar-refractivity contribution in [1.29, 1.82) is 0 Å². The topological polar surface area (TPSA) is 65.6 Å². The Bertz CT molecular complexity index is 1280. The summed E-state index contributed by atoms with van der Waals surface area (Å²) in [6, 6.07) is 15.9. The molecular formula is C25H23BrClFN2O4. The molecule has 0 fully saturated rings. The zero-order chi connectivity index (χ0) is 23.4. The predicted molar refractivity (Wildman–Crippen MR) is 135 cm³/mol. The second-order valence-corrected chi connectivity index (χ2v) is 8.02. The van der Waals surface area contributed by atoms with Gasteiger partial charge in [-0.3, -0.25) is 0 Å². The second-order valence-electron chi connectivity index (χ2n) is 7.10. The Hall–Kier alpha value is -3.23. The molecule has 4 rings (SSSR count). The number of hydrogen-bond acceptors (Lipinski definition) is 5. The van der Waals surface area contributed by atoms with Gasteiger partial charge >= 0.3 is 0 Å². The van der Waals surface area contributed by atoms with Crippen LogP contribution in [-0.4, -0.2) is 31.3 Å². The smallest absolute Gasteiger partial charge is 0.161 e. The molecule has 178 valence electrons. The summed E-state index contributed by atoms with van der Waals surface area (Å²) in [6.07, 6.45) is 1.74. The first-order valence-corrected chi connectivity index (χ1v) is 10.8. The van der Waals surface area contributed by atoms with Gasteiger partial charge < -0.3 is 23.9 Å². The molecule has 0 aliphatic heterocycles. The summed E-state index contributed by atoms with van der Waals surface area (Å²) in [5, 5.41) is 0. The Kier molecular flexibility index (Phi) is 8.41. The van der Waals surface area contributed by atoms with E-state index in [9.17, 15) is 4.39 Å². The van der Waals surface area contributed by atoms with Crippen LogP contribution in [0.5, 0.6) is 23.0 Å². The van der Waals surface area contributed by atoms with Crippen molar-refractivity contribution in [2.24, 2.45) is 0 Å². The first-order chi connectivity index (χ1) is 16.0. The van der Waals surface area contributed by atoms with E-state index in [1.807, 2.05) is 30.3 Å². The first-order valence-electron chi connectivity index (χ1n) is 10.0. The number of hydrogen-bond donors (Lipinski definition) is 1. The van der Waals surface area contributed by atoms with E-state index in [1.54, 1.807) is 45.7 Å². The number of aromatic amines is 1. The lowest BCUT2D eigenvalue weighted by atomic mass is 10.1. The number of imidazole rings is 1. The minimum Gasteiger partial charge on any atom is -0.496 e. The van der Waals surface area contributed by atoms with Crippen LogP contribution >= 0.6 is 28.3 Å². The number of ether oxygens (including phenoxy) is 4. The van der Waals surface area contributed by atoms with Crippen LogP contribution < -0.4 is 18.9 Å². The van der Waals surface area contributed by atoms with E-state index in [4.69, 9.17) is 18.9 Å². The monoisotopic (exact) mass is 548 g/mol. The number of rotatable bonds is 8. The zero-order valence-electron chi connectivity index (χ0n) is 18.7. The number of halogens is 3. The largest absolute Gasteiger partial charge is 0.496 e. The second kappa shape index (κ2) is 11.3. The summed E-state index contributed by atoms with van der Waals surface area (Å²) in [5.74, 6) is 2.79. The molecule has 1 N–H and O–H groups in total. The lowest BCUT2D eigenvalue weighted by Crippen LogP contribution is -1.99. The van der Waals surface area contributed by atoms with Crippen LogP contribution in [0, 0.1) is 5.82 Å². The van der Waals surface area contributed by atoms with Gasteiger partial charge in [-0.25, -0.2) is 9.37 Å². The number of nitrogens with zero attached hydrogens (tertiary/aromatic N) is 1. The number of benzene rings is 3. The van der Waals surface area contributed by atoms with E-state index >= 15 is 0 Å². The van der Waals surface area contributed by atoms with E-state index < -0.39 is 0 Å². The molecular weight excluding hydrogens is 527 g/mol. The van der Waals surface area contributed by atoms with Crippen molar-refractivity contribution in [3.8, 4) is 45.6 Å². The summed E-state index contributed by atoms with van der Waals surface area (Å²) in [7, 11) is 4.77. The summed E-state index contributed by atoms with van der Waals surface area (Å²) in [6.45, 7) is 0.106. The highest BCUT2D eigenvalue weighted by molar-refractivity contribution is 9.10. The van der Waals surface area contributed by atoms with Crippen molar-refractivity contribution in [2.45, 2.75) is 6.61 Å². The molecule has 0 aliphatic rings. The lowest BCUT2D eigenvalue weighted by Gasteiger charge is -2.12. The molecule has 0 amide bonds. The molecule has 0 atom stereocenters. The summed E-state index contributed by atoms with van der Waals surface area (Å²) >= 11 is 3.25. The third-order valence-electron chi connectivity index (χ3n) is 5.11. The van der Waals surface area contributed by atoms with Gasteiger partial charge in [0.1, 0.15) is 29.7 Å². The van der Waals surface area contributed by atoms with Crippen molar-refractivity contribution in [2.75, 3.05) is 21.3 Å².